The molecule has 128 valence electrons. The van der Waals surface area contributed by atoms with Gasteiger partial charge >= 0.3 is 0 Å². The van der Waals surface area contributed by atoms with Gasteiger partial charge < -0.3 is 15.2 Å². The Balaban J connectivity index is 1.81. The van der Waals surface area contributed by atoms with Crippen LogP contribution >= 0.6 is 11.8 Å². The van der Waals surface area contributed by atoms with E-state index in [1.54, 1.807) is 36.7 Å². The van der Waals surface area contributed by atoms with Gasteiger partial charge in [-0.25, -0.2) is 0 Å². The highest BCUT2D eigenvalue weighted by Crippen LogP contribution is 2.24. The van der Waals surface area contributed by atoms with Crippen molar-refractivity contribution in [1.29, 1.82) is 0 Å². The van der Waals surface area contributed by atoms with Crippen molar-refractivity contribution in [3.63, 3.8) is 0 Å². The highest BCUT2D eigenvalue weighted by atomic mass is 32.2. The quantitative estimate of drug-likeness (QED) is 0.746. The average molecular weight is 348 g/mol. The molecule has 0 saturated carbocycles. The van der Waals surface area contributed by atoms with E-state index in [9.17, 15) is 9.59 Å². The van der Waals surface area contributed by atoms with Crippen molar-refractivity contribution >= 4 is 35.1 Å². The second kappa shape index (κ2) is 8.51. The van der Waals surface area contributed by atoms with E-state index in [4.69, 9.17) is 4.52 Å². The van der Waals surface area contributed by atoms with Gasteiger partial charge in [-0.3, -0.25) is 14.5 Å². The third-order valence-corrected chi connectivity index (χ3v) is 3.90. The zero-order valence-corrected chi connectivity index (χ0v) is 14.6. The first-order valence-corrected chi connectivity index (χ1v) is 8.55. The van der Waals surface area contributed by atoms with Gasteiger partial charge in [-0.05, 0) is 32.4 Å². The number of carbonyl (C=O) groups is 2. The van der Waals surface area contributed by atoms with Gasteiger partial charge in [0.05, 0.1) is 18.8 Å². The number of thioether (sulfide) groups is 1. The smallest absolute Gasteiger partial charge is 0.239 e. The maximum absolute atomic E-state index is 12.1. The molecule has 2 amide bonds. The fraction of sp³-hybridized carbons (Fsp3) is 0.312. The summed E-state index contributed by atoms with van der Waals surface area (Å²) in [5.74, 6) is 0.543. The lowest BCUT2D eigenvalue weighted by Crippen LogP contribution is -2.36. The number of nitrogens with zero attached hydrogens (tertiary/aromatic N) is 2. The Kier molecular flexibility index (Phi) is 6.39. The monoisotopic (exact) mass is 348 g/mol. The van der Waals surface area contributed by atoms with Gasteiger partial charge in [0, 0.05) is 11.0 Å². The lowest BCUT2D eigenvalue weighted by Gasteiger charge is -2.16. The van der Waals surface area contributed by atoms with Gasteiger partial charge in [0.1, 0.15) is 5.76 Å². The molecule has 2 aromatic rings. The number of nitrogens with one attached hydrogen (secondary N) is 2. The molecule has 1 aromatic carbocycles. The molecule has 0 spiro atoms. The van der Waals surface area contributed by atoms with Crippen LogP contribution in [0.4, 0.5) is 11.5 Å². The maximum atomic E-state index is 12.1. The minimum atomic E-state index is -0.261. The Morgan fingerprint density at radius 3 is 2.50 bits per heavy atom. The van der Waals surface area contributed by atoms with Gasteiger partial charge in [0.15, 0.2) is 5.82 Å². The zero-order valence-electron chi connectivity index (χ0n) is 13.8. The molecule has 0 fully saturated rings. The minimum absolute atomic E-state index is 0.0729. The summed E-state index contributed by atoms with van der Waals surface area (Å²) in [5.41, 5.74) is 0.769. The van der Waals surface area contributed by atoms with Gasteiger partial charge in [-0.15, -0.1) is 11.8 Å². The Hall–Kier alpha value is -2.32. The van der Waals surface area contributed by atoms with Gasteiger partial charge in [-0.1, -0.05) is 17.3 Å². The van der Waals surface area contributed by atoms with E-state index in [1.807, 2.05) is 30.5 Å². The molecule has 0 saturated heterocycles. The number of para-hydroxylation sites is 1. The van der Waals surface area contributed by atoms with E-state index in [0.717, 1.165) is 10.6 Å². The third-order valence-electron chi connectivity index (χ3n) is 3.10. The summed E-state index contributed by atoms with van der Waals surface area (Å²) in [6, 6.07) is 9.21. The molecular weight excluding hydrogens is 328 g/mol. The SMILES string of the molecule is CSc1ccccc1NC(=O)CN(C)CC(=O)Nc1cc(C)on1. The van der Waals surface area contributed by atoms with Crippen LogP contribution in [0.3, 0.4) is 0 Å². The summed E-state index contributed by atoms with van der Waals surface area (Å²) >= 11 is 1.56. The first-order valence-electron chi connectivity index (χ1n) is 7.32. The van der Waals surface area contributed by atoms with Crippen LogP contribution in [0.5, 0.6) is 0 Å². The molecule has 24 heavy (non-hydrogen) atoms. The Morgan fingerprint density at radius 2 is 1.88 bits per heavy atom. The van der Waals surface area contributed by atoms with Gasteiger partial charge in [0.25, 0.3) is 0 Å². The van der Waals surface area contributed by atoms with Crippen molar-refractivity contribution in [1.82, 2.24) is 10.1 Å². The maximum Gasteiger partial charge on any atom is 0.239 e. The van der Waals surface area contributed by atoms with Gasteiger partial charge in [0.2, 0.25) is 11.8 Å². The molecule has 0 aliphatic rings. The Bertz CT molecular complexity index is 717. The number of likely N-dealkylation sites (N-methyl/N-ethyl adjacent to an activating group) is 1. The van der Waals surface area contributed by atoms with Crippen molar-refractivity contribution in [3.05, 3.63) is 36.1 Å². The van der Waals surface area contributed by atoms with Crippen molar-refractivity contribution < 1.29 is 14.1 Å². The second-order valence-electron chi connectivity index (χ2n) is 5.29. The van der Waals surface area contributed by atoms with Crippen LogP contribution in [0.1, 0.15) is 5.76 Å². The van der Waals surface area contributed by atoms with Crippen LogP contribution in [-0.2, 0) is 9.59 Å². The van der Waals surface area contributed by atoms with Crippen LogP contribution < -0.4 is 10.6 Å². The molecule has 0 bridgehead atoms. The first kappa shape index (κ1) is 18.0. The average Bonchev–Trinajstić information content (AvgIpc) is 2.92. The second-order valence-corrected chi connectivity index (χ2v) is 6.14. The van der Waals surface area contributed by atoms with Crippen LogP contribution in [-0.4, -0.2) is 48.3 Å². The number of anilines is 2. The van der Waals surface area contributed by atoms with Crippen molar-refractivity contribution in [2.24, 2.45) is 0 Å². The van der Waals surface area contributed by atoms with Crippen molar-refractivity contribution in [2.75, 3.05) is 37.0 Å². The molecule has 0 atom stereocenters. The van der Waals surface area contributed by atoms with E-state index in [2.05, 4.69) is 15.8 Å². The molecule has 2 N–H and O–H groups in total. The van der Waals surface area contributed by atoms with E-state index >= 15 is 0 Å². The highest BCUT2D eigenvalue weighted by molar-refractivity contribution is 7.98. The fourth-order valence-corrected chi connectivity index (χ4v) is 2.65. The van der Waals surface area contributed by atoms with Crippen LogP contribution in [0, 0.1) is 6.92 Å². The van der Waals surface area contributed by atoms with Gasteiger partial charge in [-0.2, -0.15) is 0 Å². The first-order chi connectivity index (χ1) is 11.5. The van der Waals surface area contributed by atoms with Crippen LogP contribution in [0.25, 0.3) is 0 Å². The lowest BCUT2D eigenvalue weighted by atomic mass is 10.3. The topological polar surface area (TPSA) is 87.5 Å². The molecule has 1 heterocycles. The molecule has 2 rings (SSSR count). The van der Waals surface area contributed by atoms with Crippen molar-refractivity contribution in [2.45, 2.75) is 11.8 Å². The molecule has 0 unspecified atom stereocenters. The van der Waals surface area contributed by atoms with Crippen LogP contribution in [0.2, 0.25) is 0 Å². The van der Waals surface area contributed by atoms with E-state index in [0.29, 0.717) is 11.6 Å². The summed E-state index contributed by atoms with van der Waals surface area (Å²) in [6.07, 6.45) is 1.95. The Morgan fingerprint density at radius 1 is 1.21 bits per heavy atom. The molecule has 7 nitrogen and oxygen atoms in total. The third kappa shape index (κ3) is 5.39. The number of amides is 2. The van der Waals surface area contributed by atoms with E-state index < -0.39 is 0 Å². The number of hydrogen-bond donors (Lipinski definition) is 2. The number of hydrogen-bond acceptors (Lipinski definition) is 6. The molecule has 0 aliphatic heterocycles. The molecule has 1 aromatic heterocycles. The van der Waals surface area contributed by atoms with E-state index in [1.165, 1.54) is 0 Å². The largest absolute Gasteiger partial charge is 0.360 e. The number of aryl methyl sites for hydroxylation is 1. The molecule has 0 aliphatic carbocycles. The van der Waals surface area contributed by atoms with Crippen LogP contribution in [0.15, 0.2) is 39.8 Å². The molecule has 0 radical (unpaired) electrons. The number of carbonyl (C=O) groups excluding carboxylic acids is 2. The standard InChI is InChI=1S/C16H20N4O3S/c1-11-8-14(19-23-11)18-16(22)10-20(2)9-15(21)17-12-6-4-5-7-13(12)24-3/h4-8H,9-10H2,1-3H3,(H,17,21)(H,18,19,22). The summed E-state index contributed by atoms with van der Waals surface area (Å²) in [6.45, 7) is 1.92. The zero-order chi connectivity index (χ0) is 17.5. The summed E-state index contributed by atoms with van der Waals surface area (Å²) < 4.78 is 4.88. The molecular formula is C16H20N4O3S. The summed E-state index contributed by atoms with van der Waals surface area (Å²) in [7, 11) is 1.70. The Labute approximate surface area is 144 Å². The van der Waals surface area contributed by atoms with E-state index in [-0.39, 0.29) is 24.9 Å². The normalized spacial score (nSPS) is 10.7. The summed E-state index contributed by atoms with van der Waals surface area (Å²) in [5, 5.41) is 9.16. The van der Waals surface area contributed by atoms with Crippen molar-refractivity contribution in [3.8, 4) is 0 Å². The summed E-state index contributed by atoms with van der Waals surface area (Å²) in [4.78, 5) is 26.6. The highest BCUT2D eigenvalue weighted by Gasteiger charge is 2.13. The minimum Gasteiger partial charge on any atom is -0.360 e. The molecule has 8 heteroatoms. The fourth-order valence-electron chi connectivity index (χ4n) is 2.09. The lowest BCUT2D eigenvalue weighted by molar-refractivity contribution is -0.119. The number of aromatic nitrogens is 1. The predicted molar refractivity (Wildman–Crippen MR) is 94.2 cm³/mol. The number of benzene rings is 1. The number of rotatable bonds is 7. The predicted octanol–water partition coefficient (Wildman–Crippen LogP) is 2.21.